The summed E-state index contributed by atoms with van der Waals surface area (Å²) in [6.45, 7) is 12.4. The van der Waals surface area contributed by atoms with Crippen molar-refractivity contribution in [1.82, 2.24) is 15.1 Å². The van der Waals surface area contributed by atoms with Crippen molar-refractivity contribution < 1.29 is 48.0 Å². The second kappa shape index (κ2) is 19.7. The van der Waals surface area contributed by atoms with Crippen molar-refractivity contribution in [3.8, 4) is 5.75 Å². The fourth-order valence-electron chi connectivity index (χ4n) is 7.10. The second-order valence-corrected chi connectivity index (χ2v) is 15.2. The Hall–Kier alpha value is -4.98. The van der Waals surface area contributed by atoms with Gasteiger partial charge in [-0.1, -0.05) is 66.7 Å². The van der Waals surface area contributed by atoms with Crippen LogP contribution in [0.15, 0.2) is 78.9 Å². The number of hydrogen-bond donors (Lipinski definition) is 2. The lowest BCUT2D eigenvalue weighted by molar-refractivity contribution is -0.171. The number of morpholine rings is 1. The van der Waals surface area contributed by atoms with E-state index in [-0.39, 0.29) is 25.3 Å². The molecule has 1 aliphatic carbocycles. The summed E-state index contributed by atoms with van der Waals surface area (Å²) in [5, 5.41) is 14.4. The summed E-state index contributed by atoms with van der Waals surface area (Å²) in [7, 11) is 0. The van der Waals surface area contributed by atoms with Crippen molar-refractivity contribution in [3.63, 3.8) is 0 Å². The predicted octanol–water partition coefficient (Wildman–Crippen LogP) is 5.29. The maximum absolute atomic E-state index is 14.6. The van der Waals surface area contributed by atoms with Crippen molar-refractivity contribution in [2.75, 3.05) is 39.5 Å². The van der Waals surface area contributed by atoms with E-state index < -0.39 is 54.0 Å². The number of carbonyl (C=O) groups is 4. The molecule has 5 atom stereocenters. The summed E-state index contributed by atoms with van der Waals surface area (Å²) in [6.07, 6.45) is -3.61. The third-order valence-electron chi connectivity index (χ3n) is 9.66. The zero-order valence-corrected chi connectivity index (χ0v) is 33.0. The van der Waals surface area contributed by atoms with Gasteiger partial charge in [0.25, 0.3) is 0 Å². The Morgan fingerprint density at radius 1 is 0.875 bits per heavy atom. The third kappa shape index (κ3) is 12.3. The zero-order valence-electron chi connectivity index (χ0n) is 33.0. The zero-order chi connectivity index (χ0) is 40.2. The number of fused-ring (bicyclic) bond motifs is 1. The van der Waals surface area contributed by atoms with Crippen molar-refractivity contribution in [1.29, 1.82) is 0 Å². The van der Waals surface area contributed by atoms with Crippen LogP contribution in [0.25, 0.3) is 0 Å². The van der Waals surface area contributed by atoms with E-state index in [1.54, 1.807) is 37.8 Å². The molecule has 1 saturated heterocycles. The molecule has 1 heterocycles. The minimum absolute atomic E-state index is 0.00146. The smallest absolute Gasteiger partial charge is 0.407 e. The predicted molar refractivity (Wildman–Crippen MR) is 208 cm³/mol. The first-order valence-corrected chi connectivity index (χ1v) is 19.2. The fourth-order valence-corrected chi connectivity index (χ4v) is 7.10. The standard InChI is InChI=1S/C43H55N3O10/c1-29(47)54-40-35-14-10-9-13-34(35)39(41(40)55-30(2)48)46(28-32-15-17-33(18-16-32)53-26-23-45-21-24-52-25-22-45)38(50)20-19-37(49)36(27-31-11-7-6-8-12-31)44-42(51)56-43(3,4)5/h6-18,36-37,39-41,49H,19-28H2,1-5H3,(H,44,51)/t36-,37-,39-,40+,41-/m0/s1. The first-order valence-electron chi connectivity index (χ1n) is 19.2. The van der Waals surface area contributed by atoms with Crippen LogP contribution in [0.5, 0.6) is 5.75 Å². The van der Waals surface area contributed by atoms with Gasteiger partial charge in [-0.25, -0.2) is 4.79 Å². The third-order valence-corrected chi connectivity index (χ3v) is 9.66. The topological polar surface area (TPSA) is 153 Å². The van der Waals surface area contributed by atoms with Crippen LogP contribution in [0.2, 0.25) is 0 Å². The van der Waals surface area contributed by atoms with Crippen LogP contribution in [0, 0.1) is 0 Å². The van der Waals surface area contributed by atoms with Crippen molar-refractivity contribution >= 4 is 23.9 Å². The molecule has 5 rings (SSSR count). The lowest BCUT2D eigenvalue weighted by Crippen LogP contribution is -2.47. The lowest BCUT2D eigenvalue weighted by Gasteiger charge is -2.35. The lowest BCUT2D eigenvalue weighted by atomic mass is 9.97. The SMILES string of the molecule is CC(=O)O[C@@H]1[C@H](OC(C)=O)c2ccccc2[C@@H]1N(Cc1ccc(OCCN2CCOCC2)cc1)C(=O)CC[C@H](O)[C@H](Cc1ccccc1)NC(=O)OC(C)(C)C. The normalized spacial score (nSPS) is 19.2. The molecule has 1 fully saturated rings. The van der Waals surface area contributed by atoms with Gasteiger partial charge in [0.05, 0.1) is 31.4 Å². The van der Waals surface area contributed by atoms with Gasteiger partial charge < -0.3 is 39.0 Å². The summed E-state index contributed by atoms with van der Waals surface area (Å²) in [5.41, 5.74) is 2.22. The average Bonchev–Trinajstić information content (AvgIpc) is 3.44. The molecule has 13 nitrogen and oxygen atoms in total. The Balaban J connectivity index is 1.39. The first-order chi connectivity index (χ1) is 26.8. The highest BCUT2D eigenvalue weighted by Crippen LogP contribution is 2.47. The van der Waals surface area contributed by atoms with Crippen LogP contribution < -0.4 is 10.1 Å². The Labute approximate surface area is 329 Å². The van der Waals surface area contributed by atoms with Crippen LogP contribution in [0.4, 0.5) is 4.79 Å². The Bertz CT molecular complexity index is 1760. The van der Waals surface area contributed by atoms with Crippen LogP contribution in [-0.4, -0.2) is 102 Å². The molecule has 3 aromatic rings. The number of nitrogens with one attached hydrogen (secondary N) is 1. The van der Waals surface area contributed by atoms with Gasteiger partial charge in [-0.15, -0.1) is 0 Å². The fraction of sp³-hybridized carbons (Fsp3) is 0.488. The van der Waals surface area contributed by atoms with Gasteiger partial charge in [-0.05, 0) is 62.4 Å². The largest absolute Gasteiger partial charge is 0.492 e. The molecule has 0 spiro atoms. The van der Waals surface area contributed by atoms with E-state index in [0.717, 1.165) is 30.8 Å². The summed E-state index contributed by atoms with van der Waals surface area (Å²) >= 11 is 0. The van der Waals surface area contributed by atoms with Crippen molar-refractivity contribution in [3.05, 3.63) is 101 Å². The molecule has 13 heteroatoms. The van der Waals surface area contributed by atoms with E-state index in [1.165, 1.54) is 13.8 Å². The minimum atomic E-state index is -1.13. The molecule has 2 amide bonds. The molecule has 0 radical (unpaired) electrons. The molecular weight excluding hydrogens is 718 g/mol. The molecule has 0 unspecified atom stereocenters. The van der Waals surface area contributed by atoms with Crippen LogP contribution in [-0.2, 0) is 46.3 Å². The maximum Gasteiger partial charge on any atom is 0.407 e. The molecule has 3 aromatic carbocycles. The van der Waals surface area contributed by atoms with Crippen LogP contribution in [0.1, 0.15) is 81.9 Å². The summed E-state index contributed by atoms with van der Waals surface area (Å²) in [4.78, 5) is 56.2. The minimum Gasteiger partial charge on any atom is -0.492 e. The van der Waals surface area contributed by atoms with E-state index in [4.69, 9.17) is 23.7 Å². The molecule has 2 N–H and O–H groups in total. The maximum atomic E-state index is 14.6. The number of hydrogen-bond acceptors (Lipinski definition) is 11. The quantitative estimate of drug-likeness (QED) is 0.144. The number of aliphatic hydroxyl groups is 1. The highest BCUT2D eigenvalue weighted by molar-refractivity contribution is 5.78. The molecule has 0 saturated carbocycles. The molecule has 56 heavy (non-hydrogen) atoms. The number of amides is 2. The van der Waals surface area contributed by atoms with Gasteiger partial charge in [0.1, 0.15) is 18.0 Å². The Morgan fingerprint density at radius 3 is 2.16 bits per heavy atom. The van der Waals surface area contributed by atoms with Crippen molar-refractivity contribution in [2.45, 2.75) is 96.4 Å². The number of benzene rings is 3. The van der Waals surface area contributed by atoms with Crippen molar-refractivity contribution in [2.24, 2.45) is 0 Å². The molecule has 0 aromatic heterocycles. The summed E-state index contributed by atoms with van der Waals surface area (Å²) < 4.78 is 28.6. The number of alkyl carbamates (subject to hydrolysis) is 1. The van der Waals surface area contributed by atoms with E-state index in [2.05, 4.69) is 10.2 Å². The van der Waals surface area contributed by atoms with E-state index in [9.17, 15) is 24.3 Å². The number of nitrogens with zero attached hydrogens (tertiary/aromatic N) is 2. The number of rotatable bonds is 16. The molecule has 1 aliphatic heterocycles. The van der Waals surface area contributed by atoms with E-state index in [1.807, 2.05) is 66.7 Å². The van der Waals surface area contributed by atoms with Gasteiger partial charge in [0.2, 0.25) is 5.91 Å². The van der Waals surface area contributed by atoms with E-state index in [0.29, 0.717) is 43.1 Å². The highest BCUT2D eigenvalue weighted by atomic mass is 16.6. The van der Waals surface area contributed by atoms with Gasteiger partial charge in [0.15, 0.2) is 12.2 Å². The Kier molecular flexibility index (Phi) is 14.9. The number of esters is 2. The van der Waals surface area contributed by atoms with Gasteiger partial charge in [-0.2, -0.15) is 0 Å². The van der Waals surface area contributed by atoms with Gasteiger partial charge in [0, 0.05) is 52.0 Å². The monoisotopic (exact) mass is 773 g/mol. The molecule has 2 aliphatic rings. The number of ether oxygens (including phenoxy) is 5. The molecule has 302 valence electrons. The van der Waals surface area contributed by atoms with Gasteiger partial charge in [-0.3, -0.25) is 19.3 Å². The average molecular weight is 774 g/mol. The number of carbonyl (C=O) groups excluding carboxylic acids is 4. The number of aliphatic hydroxyl groups excluding tert-OH is 1. The highest BCUT2D eigenvalue weighted by Gasteiger charge is 2.49. The molecular formula is C43H55N3O10. The molecule has 0 bridgehead atoms. The summed E-state index contributed by atoms with van der Waals surface area (Å²) in [6, 6.07) is 22.6. The Morgan fingerprint density at radius 2 is 1.52 bits per heavy atom. The second-order valence-electron chi connectivity index (χ2n) is 15.2. The summed E-state index contributed by atoms with van der Waals surface area (Å²) in [5.74, 6) is -0.812. The van der Waals surface area contributed by atoms with Crippen LogP contribution >= 0.6 is 0 Å². The van der Waals surface area contributed by atoms with Gasteiger partial charge >= 0.3 is 18.0 Å². The first kappa shape index (κ1) is 42.2. The van der Waals surface area contributed by atoms with E-state index >= 15 is 0 Å². The van der Waals surface area contributed by atoms with Crippen LogP contribution in [0.3, 0.4) is 0 Å².